The van der Waals surface area contributed by atoms with Crippen LogP contribution < -0.4 is 5.32 Å². The second kappa shape index (κ2) is 6.87. The molecule has 0 bridgehead atoms. The van der Waals surface area contributed by atoms with E-state index >= 15 is 0 Å². The maximum Gasteiger partial charge on any atom is 0.289 e. The smallest absolute Gasteiger partial charge is 0.289 e. The number of nitrogens with zero attached hydrogens (tertiary/aromatic N) is 1. The van der Waals surface area contributed by atoms with Gasteiger partial charge in [-0.05, 0) is 60.8 Å². The molecular formula is C22H26N2O3. The molecule has 5 nitrogen and oxygen atoms in total. The number of likely N-dealkylation sites (tertiary alicyclic amines) is 1. The minimum Gasteiger partial charge on any atom is -0.456 e. The molecule has 1 aliphatic heterocycles. The second-order valence-electron chi connectivity index (χ2n) is 7.85. The first-order chi connectivity index (χ1) is 13.0. The van der Waals surface area contributed by atoms with E-state index in [1.807, 2.05) is 17.9 Å². The van der Waals surface area contributed by atoms with Gasteiger partial charge in [-0.25, -0.2) is 0 Å². The van der Waals surface area contributed by atoms with E-state index in [1.165, 1.54) is 11.1 Å². The molecule has 1 aromatic carbocycles. The summed E-state index contributed by atoms with van der Waals surface area (Å²) in [5.41, 5.74) is 2.76. The number of amides is 2. The van der Waals surface area contributed by atoms with Crippen molar-refractivity contribution < 1.29 is 14.0 Å². The van der Waals surface area contributed by atoms with Gasteiger partial charge in [-0.2, -0.15) is 0 Å². The predicted octanol–water partition coefficient (Wildman–Crippen LogP) is 3.39. The summed E-state index contributed by atoms with van der Waals surface area (Å²) >= 11 is 0. The van der Waals surface area contributed by atoms with Gasteiger partial charge >= 0.3 is 0 Å². The molecule has 142 valence electrons. The average molecular weight is 366 g/mol. The Morgan fingerprint density at radius 3 is 2.59 bits per heavy atom. The van der Waals surface area contributed by atoms with E-state index in [-0.39, 0.29) is 23.1 Å². The molecule has 27 heavy (non-hydrogen) atoms. The van der Waals surface area contributed by atoms with Gasteiger partial charge in [0, 0.05) is 26.6 Å². The number of rotatable bonds is 3. The average Bonchev–Trinajstić information content (AvgIpc) is 3.25. The van der Waals surface area contributed by atoms with Crippen molar-refractivity contribution in [2.45, 2.75) is 43.9 Å². The van der Waals surface area contributed by atoms with Crippen LogP contribution in [0.5, 0.6) is 0 Å². The lowest BCUT2D eigenvalue weighted by Gasteiger charge is -2.40. The first-order valence-electron chi connectivity index (χ1n) is 9.68. The lowest BCUT2D eigenvalue weighted by atomic mass is 9.73. The summed E-state index contributed by atoms with van der Waals surface area (Å²) in [6, 6.07) is 12.1. The number of carbonyl (C=O) groups is 2. The standard InChI is InChI=1S/C22H26N2O3/c1-15-7-8-19(27-15)21(26)24-11-9-22(10-12-24)14-16(13-20(25)23-2)17-5-3-4-6-18(17)22/h3-8,16H,9-14H2,1-2H3,(H,23,25)/t16-/m1/s1. The van der Waals surface area contributed by atoms with Crippen molar-refractivity contribution in [2.24, 2.45) is 0 Å². The van der Waals surface area contributed by atoms with Crippen LogP contribution in [-0.2, 0) is 10.2 Å². The molecule has 1 aliphatic carbocycles. The van der Waals surface area contributed by atoms with Crippen molar-refractivity contribution >= 4 is 11.8 Å². The van der Waals surface area contributed by atoms with Gasteiger partial charge in [0.15, 0.2) is 5.76 Å². The molecule has 0 unspecified atom stereocenters. The highest BCUT2D eigenvalue weighted by Gasteiger charge is 2.46. The highest BCUT2D eigenvalue weighted by molar-refractivity contribution is 5.91. The molecule has 1 spiro atoms. The van der Waals surface area contributed by atoms with E-state index in [2.05, 4.69) is 29.6 Å². The maximum absolute atomic E-state index is 12.7. The second-order valence-corrected chi connectivity index (χ2v) is 7.85. The van der Waals surface area contributed by atoms with E-state index in [4.69, 9.17) is 4.42 Å². The summed E-state index contributed by atoms with van der Waals surface area (Å²) in [6.45, 7) is 3.29. The van der Waals surface area contributed by atoms with Crippen LogP contribution in [0.2, 0.25) is 0 Å². The summed E-state index contributed by atoms with van der Waals surface area (Å²) < 4.78 is 5.51. The van der Waals surface area contributed by atoms with E-state index in [0.717, 1.165) is 38.1 Å². The largest absolute Gasteiger partial charge is 0.456 e. The van der Waals surface area contributed by atoms with Gasteiger partial charge in [-0.3, -0.25) is 9.59 Å². The molecule has 5 heteroatoms. The number of carbonyl (C=O) groups excluding carboxylic acids is 2. The molecule has 0 radical (unpaired) electrons. The molecule has 0 saturated carbocycles. The number of furan rings is 1. The SMILES string of the molecule is CNC(=O)C[C@@H]1CC2(CCN(C(=O)c3ccc(C)o3)CC2)c2ccccc21. The fourth-order valence-corrected chi connectivity index (χ4v) is 4.85. The summed E-state index contributed by atoms with van der Waals surface area (Å²) in [7, 11) is 1.69. The fourth-order valence-electron chi connectivity index (χ4n) is 4.85. The van der Waals surface area contributed by atoms with Crippen LogP contribution >= 0.6 is 0 Å². The Labute approximate surface area is 159 Å². The first kappa shape index (κ1) is 17.8. The number of fused-ring (bicyclic) bond motifs is 2. The molecule has 1 saturated heterocycles. The summed E-state index contributed by atoms with van der Waals surface area (Å²) in [5.74, 6) is 1.51. The zero-order valence-electron chi connectivity index (χ0n) is 16.0. The third kappa shape index (κ3) is 3.15. The van der Waals surface area contributed by atoms with E-state index in [1.54, 1.807) is 13.1 Å². The Bertz CT molecular complexity index is 862. The van der Waals surface area contributed by atoms with Crippen molar-refractivity contribution in [3.63, 3.8) is 0 Å². The molecule has 2 aromatic rings. The van der Waals surface area contributed by atoms with Crippen LogP contribution in [0.15, 0.2) is 40.8 Å². The van der Waals surface area contributed by atoms with Gasteiger partial charge < -0.3 is 14.6 Å². The zero-order chi connectivity index (χ0) is 19.0. The molecule has 1 aromatic heterocycles. The lowest BCUT2D eigenvalue weighted by Crippen LogP contribution is -2.44. The Balaban J connectivity index is 1.52. The topological polar surface area (TPSA) is 62.6 Å². The van der Waals surface area contributed by atoms with Gasteiger partial charge in [0.2, 0.25) is 5.91 Å². The van der Waals surface area contributed by atoms with E-state index < -0.39 is 0 Å². The van der Waals surface area contributed by atoms with Gasteiger partial charge in [0.25, 0.3) is 5.91 Å². The Kier molecular flexibility index (Phi) is 4.54. The van der Waals surface area contributed by atoms with Crippen LogP contribution in [-0.4, -0.2) is 36.9 Å². The van der Waals surface area contributed by atoms with Gasteiger partial charge in [0.1, 0.15) is 5.76 Å². The molecule has 2 aliphatic rings. The zero-order valence-corrected chi connectivity index (χ0v) is 16.0. The molecule has 4 rings (SSSR count). The van der Waals surface area contributed by atoms with Crippen LogP contribution in [0.25, 0.3) is 0 Å². The number of benzene rings is 1. The quantitative estimate of drug-likeness (QED) is 0.906. The fraction of sp³-hybridized carbons (Fsp3) is 0.455. The summed E-state index contributed by atoms with van der Waals surface area (Å²) in [5, 5.41) is 2.75. The van der Waals surface area contributed by atoms with Crippen molar-refractivity contribution in [1.29, 1.82) is 0 Å². The number of nitrogens with one attached hydrogen (secondary N) is 1. The minimum absolute atomic E-state index is 0.0221. The molecular weight excluding hydrogens is 340 g/mol. The highest BCUT2D eigenvalue weighted by Crippen LogP contribution is 2.52. The first-order valence-corrected chi connectivity index (χ1v) is 9.68. The summed E-state index contributed by atoms with van der Waals surface area (Å²) in [4.78, 5) is 26.6. The maximum atomic E-state index is 12.7. The molecule has 1 N–H and O–H groups in total. The molecule has 1 atom stereocenters. The van der Waals surface area contributed by atoms with Crippen LogP contribution in [0, 0.1) is 6.92 Å². The number of hydrogen-bond donors (Lipinski definition) is 1. The van der Waals surface area contributed by atoms with Crippen LogP contribution in [0.3, 0.4) is 0 Å². The summed E-state index contributed by atoms with van der Waals surface area (Å²) in [6.07, 6.45) is 3.38. The van der Waals surface area contributed by atoms with Gasteiger partial charge in [0.05, 0.1) is 0 Å². The van der Waals surface area contributed by atoms with Crippen LogP contribution in [0.1, 0.15) is 59.0 Å². The van der Waals surface area contributed by atoms with E-state index in [0.29, 0.717) is 12.2 Å². The molecule has 2 amide bonds. The third-order valence-electron chi connectivity index (χ3n) is 6.28. The normalized spacial score (nSPS) is 20.5. The van der Waals surface area contributed by atoms with Crippen molar-refractivity contribution in [2.75, 3.05) is 20.1 Å². The third-order valence-corrected chi connectivity index (χ3v) is 6.28. The van der Waals surface area contributed by atoms with Gasteiger partial charge in [-0.1, -0.05) is 24.3 Å². The van der Waals surface area contributed by atoms with Gasteiger partial charge in [-0.15, -0.1) is 0 Å². The van der Waals surface area contributed by atoms with Crippen molar-refractivity contribution in [3.8, 4) is 0 Å². The Hall–Kier alpha value is -2.56. The Morgan fingerprint density at radius 1 is 1.19 bits per heavy atom. The minimum atomic E-state index is -0.0221. The van der Waals surface area contributed by atoms with Crippen molar-refractivity contribution in [1.82, 2.24) is 10.2 Å². The molecule has 2 heterocycles. The number of hydrogen-bond acceptors (Lipinski definition) is 3. The van der Waals surface area contributed by atoms with E-state index in [9.17, 15) is 9.59 Å². The monoisotopic (exact) mass is 366 g/mol. The van der Waals surface area contributed by atoms with Crippen LogP contribution in [0.4, 0.5) is 0 Å². The van der Waals surface area contributed by atoms with Crippen molar-refractivity contribution in [3.05, 3.63) is 59.0 Å². The Morgan fingerprint density at radius 2 is 1.93 bits per heavy atom. The number of piperidine rings is 1. The highest BCUT2D eigenvalue weighted by atomic mass is 16.3. The molecule has 1 fully saturated rings. The lowest BCUT2D eigenvalue weighted by molar-refractivity contribution is -0.121. The predicted molar refractivity (Wildman–Crippen MR) is 103 cm³/mol. The number of aryl methyl sites for hydroxylation is 1.